The first-order chi connectivity index (χ1) is 10.4. The molecule has 1 fully saturated rings. The van der Waals surface area contributed by atoms with Crippen LogP contribution in [0.15, 0.2) is 24.3 Å². The lowest BCUT2D eigenvalue weighted by atomic mass is 10.2. The fourth-order valence-electron chi connectivity index (χ4n) is 2.40. The number of ether oxygens (including phenoxy) is 1. The fraction of sp³-hybridized carbons (Fsp3) is 0.533. The van der Waals surface area contributed by atoms with Gasteiger partial charge >= 0.3 is 0 Å². The van der Waals surface area contributed by atoms with Gasteiger partial charge in [0.2, 0.25) is 15.9 Å². The molecular weight excluding hydrogens is 304 g/mol. The van der Waals surface area contributed by atoms with Gasteiger partial charge in [-0.3, -0.25) is 9.10 Å². The van der Waals surface area contributed by atoms with Crippen molar-refractivity contribution in [2.24, 2.45) is 0 Å². The lowest BCUT2D eigenvalue weighted by Crippen LogP contribution is -2.42. The van der Waals surface area contributed by atoms with Crippen molar-refractivity contribution in [2.75, 3.05) is 30.3 Å². The molecule has 1 amide bonds. The van der Waals surface area contributed by atoms with E-state index < -0.39 is 10.0 Å². The van der Waals surface area contributed by atoms with Gasteiger partial charge in [-0.2, -0.15) is 0 Å². The molecule has 2 rings (SSSR count). The van der Waals surface area contributed by atoms with E-state index in [4.69, 9.17) is 4.74 Å². The third-order valence-corrected chi connectivity index (χ3v) is 4.67. The van der Waals surface area contributed by atoms with Gasteiger partial charge in [0.05, 0.1) is 18.0 Å². The summed E-state index contributed by atoms with van der Waals surface area (Å²) in [6.07, 6.45) is 3.06. The van der Waals surface area contributed by atoms with Crippen molar-refractivity contribution in [3.8, 4) is 0 Å². The van der Waals surface area contributed by atoms with E-state index in [0.29, 0.717) is 12.2 Å². The van der Waals surface area contributed by atoms with Crippen LogP contribution >= 0.6 is 0 Å². The van der Waals surface area contributed by atoms with Crippen LogP contribution in [0.1, 0.15) is 18.4 Å². The Hall–Kier alpha value is -1.60. The van der Waals surface area contributed by atoms with Crippen molar-refractivity contribution in [1.82, 2.24) is 5.32 Å². The Kier molecular flexibility index (Phi) is 5.42. The first kappa shape index (κ1) is 16.8. The maximum Gasteiger partial charge on any atom is 0.240 e. The van der Waals surface area contributed by atoms with Gasteiger partial charge in [0, 0.05) is 13.2 Å². The number of anilines is 1. The van der Waals surface area contributed by atoms with Crippen molar-refractivity contribution < 1.29 is 17.9 Å². The Labute approximate surface area is 131 Å². The first-order valence-corrected chi connectivity index (χ1v) is 9.14. The van der Waals surface area contributed by atoms with Crippen LogP contribution in [-0.4, -0.2) is 46.4 Å². The van der Waals surface area contributed by atoms with Crippen molar-refractivity contribution >= 4 is 21.6 Å². The minimum absolute atomic E-state index is 0.0367. The Balaban J connectivity index is 2.02. The van der Waals surface area contributed by atoms with Crippen LogP contribution in [0, 0.1) is 6.92 Å². The minimum atomic E-state index is -3.53. The van der Waals surface area contributed by atoms with Crippen molar-refractivity contribution in [2.45, 2.75) is 25.9 Å². The lowest BCUT2D eigenvalue weighted by Gasteiger charge is -2.22. The van der Waals surface area contributed by atoms with Gasteiger partial charge < -0.3 is 10.1 Å². The number of carbonyl (C=O) groups is 1. The second-order valence-corrected chi connectivity index (χ2v) is 7.45. The monoisotopic (exact) mass is 326 g/mol. The summed E-state index contributed by atoms with van der Waals surface area (Å²) in [6.45, 7) is 2.79. The molecular formula is C15H22N2O4S. The zero-order valence-electron chi connectivity index (χ0n) is 12.9. The average molecular weight is 326 g/mol. The van der Waals surface area contributed by atoms with Crippen molar-refractivity contribution in [3.63, 3.8) is 0 Å². The van der Waals surface area contributed by atoms with Crippen LogP contribution in [0.25, 0.3) is 0 Å². The number of sulfonamides is 1. The molecule has 1 atom stereocenters. The molecule has 0 radical (unpaired) electrons. The SMILES string of the molecule is Cc1cccc(N(CC(=O)NC[C@H]2CCCO2)S(C)(=O)=O)c1. The summed E-state index contributed by atoms with van der Waals surface area (Å²) in [5.41, 5.74) is 1.43. The molecule has 0 unspecified atom stereocenters. The molecule has 0 aliphatic carbocycles. The summed E-state index contributed by atoms with van der Waals surface area (Å²) in [5, 5.41) is 2.74. The lowest BCUT2D eigenvalue weighted by molar-refractivity contribution is -0.120. The van der Waals surface area contributed by atoms with Gasteiger partial charge in [0.25, 0.3) is 0 Å². The minimum Gasteiger partial charge on any atom is -0.376 e. The van der Waals surface area contributed by atoms with Crippen LogP contribution in [0.4, 0.5) is 5.69 Å². The van der Waals surface area contributed by atoms with E-state index in [-0.39, 0.29) is 18.6 Å². The molecule has 1 aromatic rings. The number of aryl methyl sites for hydroxylation is 1. The molecule has 6 nitrogen and oxygen atoms in total. The number of benzene rings is 1. The zero-order chi connectivity index (χ0) is 16.2. The van der Waals surface area contributed by atoms with E-state index in [9.17, 15) is 13.2 Å². The number of nitrogens with zero attached hydrogens (tertiary/aromatic N) is 1. The highest BCUT2D eigenvalue weighted by Crippen LogP contribution is 2.18. The maximum absolute atomic E-state index is 12.0. The molecule has 1 heterocycles. The van der Waals surface area contributed by atoms with E-state index in [0.717, 1.165) is 35.6 Å². The molecule has 22 heavy (non-hydrogen) atoms. The van der Waals surface area contributed by atoms with Crippen molar-refractivity contribution in [1.29, 1.82) is 0 Å². The number of carbonyl (C=O) groups excluding carboxylic acids is 1. The number of hydrogen-bond donors (Lipinski definition) is 1. The van der Waals surface area contributed by atoms with Gasteiger partial charge in [-0.25, -0.2) is 8.42 Å². The number of nitrogens with one attached hydrogen (secondary N) is 1. The highest BCUT2D eigenvalue weighted by molar-refractivity contribution is 7.92. The van der Waals surface area contributed by atoms with Crippen LogP contribution in [0.2, 0.25) is 0 Å². The van der Waals surface area contributed by atoms with Crippen LogP contribution < -0.4 is 9.62 Å². The molecule has 122 valence electrons. The predicted octanol–water partition coefficient (Wildman–Crippen LogP) is 1.06. The Morgan fingerprint density at radius 3 is 2.82 bits per heavy atom. The molecule has 0 bridgehead atoms. The first-order valence-electron chi connectivity index (χ1n) is 7.29. The molecule has 0 spiro atoms. The summed E-state index contributed by atoms with van der Waals surface area (Å²) in [6, 6.07) is 7.07. The third-order valence-electron chi connectivity index (χ3n) is 3.53. The van der Waals surface area contributed by atoms with Gasteiger partial charge in [0.1, 0.15) is 6.54 Å². The third kappa shape index (κ3) is 4.71. The highest BCUT2D eigenvalue weighted by atomic mass is 32.2. The quantitative estimate of drug-likeness (QED) is 0.848. The Bertz CT molecular complexity index is 624. The topological polar surface area (TPSA) is 75.7 Å². The smallest absolute Gasteiger partial charge is 0.240 e. The number of hydrogen-bond acceptors (Lipinski definition) is 4. The molecule has 7 heteroatoms. The molecule has 1 saturated heterocycles. The Morgan fingerprint density at radius 1 is 1.45 bits per heavy atom. The van der Waals surface area contributed by atoms with Gasteiger partial charge in [-0.1, -0.05) is 12.1 Å². The molecule has 1 N–H and O–H groups in total. The van der Waals surface area contributed by atoms with E-state index in [1.54, 1.807) is 18.2 Å². The number of amides is 1. The van der Waals surface area contributed by atoms with Gasteiger partial charge in [-0.05, 0) is 37.5 Å². The molecule has 0 aromatic heterocycles. The van der Waals surface area contributed by atoms with Gasteiger partial charge in [-0.15, -0.1) is 0 Å². The summed E-state index contributed by atoms with van der Waals surface area (Å²) >= 11 is 0. The van der Waals surface area contributed by atoms with E-state index in [2.05, 4.69) is 5.32 Å². The maximum atomic E-state index is 12.0. The second kappa shape index (κ2) is 7.11. The standard InChI is InChI=1S/C15H22N2O4S/c1-12-5-3-6-13(9-12)17(22(2,19)20)11-15(18)16-10-14-7-4-8-21-14/h3,5-6,9,14H,4,7-8,10-11H2,1-2H3,(H,16,18)/t14-/m1/s1. The summed E-state index contributed by atoms with van der Waals surface area (Å²) in [4.78, 5) is 12.0. The van der Waals surface area contributed by atoms with E-state index >= 15 is 0 Å². The van der Waals surface area contributed by atoms with Gasteiger partial charge in [0.15, 0.2) is 0 Å². The predicted molar refractivity (Wildman–Crippen MR) is 85.4 cm³/mol. The largest absolute Gasteiger partial charge is 0.376 e. The normalized spacial score (nSPS) is 18.2. The fourth-order valence-corrected chi connectivity index (χ4v) is 3.25. The Morgan fingerprint density at radius 2 is 2.23 bits per heavy atom. The molecule has 0 saturated carbocycles. The summed E-state index contributed by atoms with van der Waals surface area (Å²) in [5.74, 6) is -0.331. The number of rotatable bonds is 6. The zero-order valence-corrected chi connectivity index (χ0v) is 13.7. The second-order valence-electron chi connectivity index (χ2n) is 5.55. The van der Waals surface area contributed by atoms with Crippen LogP contribution in [0.5, 0.6) is 0 Å². The molecule has 1 aliphatic heterocycles. The van der Waals surface area contributed by atoms with Crippen molar-refractivity contribution in [3.05, 3.63) is 29.8 Å². The molecule has 1 aliphatic rings. The van der Waals surface area contributed by atoms with E-state index in [1.807, 2.05) is 13.0 Å². The van der Waals surface area contributed by atoms with Crippen LogP contribution in [-0.2, 0) is 19.6 Å². The van der Waals surface area contributed by atoms with E-state index in [1.165, 1.54) is 0 Å². The van der Waals surface area contributed by atoms with Crippen LogP contribution in [0.3, 0.4) is 0 Å². The highest BCUT2D eigenvalue weighted by Gasteiger charge is 2.22. The summed E-state index contributed by atoms with van der Waals surface area (Å²) in [7, 11) is -3.53. The molecule has 1 aromatic carbocycles. The summed E-state index contributed by atoms with van der Waals surface area (Å²) < 4.78 is 30.5. The average Bonchev–Trinajstić information content (AvgIpc) is 2.94.